The van der Waals surface area contributed by atoms with Crippen molar-refractivity contribution in [2.24, 2.45) is 0 Å². The van der Waals surface area contributed by atoms with Gasteiger partial charge in [-0.25, -0.2) is 0 Å². The Bertz CT molecular complexity index is 755. The summed E-state index contributed by atoms with van der Waals surface area (Å²) >= 11 is 0. The fourth-order valence-electron chi connectivity index (χ4n) is 2.82. The summed E-state index contributed by atoms with van der Waals surface area (Å²) in [5.74, 6) is 0.385. The van der Waals surface area contributed by atoms with E-state index in [1.165, 1.54) is 0 Å². The number of amides is 2. The summed E-state index contributed by atoms with van der Waals surface area (Å²) in [6.07, 6.45) is 0.255. The molecule has 2 aromatic carbocycles. The molecule has 24 heavy (non-hydrogen) atoms. The lowest BCUT2D eigenvalue weighted by atomic mass is 10.1. The van der Waals surface area contributed by atoms with E-state index in [4.69, 9.17) is 4.74 Å². The van der Waals surface area contributed by atoms with Gasteiger partial charge in [-0.1, -0.05) is 29.8 Å². The van der Waals surface area contributed by atoms with Crippen molar-refractivity contribution in [1.82, 2.24) is 0 Å². The van der Waals surface area contributed by atoms with E-state index in [-0.39, 0.29) is 30.9 Å². The Morgan fingerprint density at radius 2 is 1.92 bits per heavy atom. The molecule has 0 fully saturated rings. The first-order chi connectivity index (χ1) is 11.5. The number of rotatable bonds is 3. The number of benzene rings is 2. The maximum absolute atomic E-state index is 12.7. The monoisotopic (exact) mass is 324 g/mol. The molecule has 0 aliphatic carbocycles. The van der Waals surface area contributed by atoms with Crippen molar-refractivity contribution in [3.63, 3.8) is 0 Å². The number of hydrogen-bond acceptors (Lipinski definition) is 3. The third-order valence-corrected chi connectivity index (χ3v) is 4.01. The molecule has 0 saturated heterocycles. The highest BCUT2D eigenvalue weighted by Gasteiger charge is 2.29. The molecule has 124 valence electrons. The minimum Gasteiger partial charge on any atom is -0.484 e. The smallest absolute Gasteiger partial charge is 0.265 e. The maximum Gasteiger partial charge on any atom is 0.265 e. The third-order valence-electron chi connectivity index (χ3n) is 4.01. The number of anilines is 2. The first-order valence-corrected chi connectivity index (χ1v) is 7.95. The molecule has 0 radical (unpaired) electrons. The van der Waals surface area contributed by atoms with Crippen LogP contribution >= 0.6 is 0 Å². The zero-order chi connectivity index (χ0) is 17.1. The highest BCUT2D eigenvalue weighted by molar-refractivity contribution is 6.04. The molecule has 0 bridgehead atoms. The van der Waals surface area contributed by atoms with Crippen LogP contribution in [0.1, 0.15) is 18.9 Å². The third kappa shape index (κ3) is 3.40. The minimum atomic E-state index is -0.234. The largest absolute Gasteiger partial charge is 0.484 e. The molecule has 1 aliphatic rings. The lowest BCUT2D eigenvalue weighted by Gasteiger charge is -2.27. The molecule has 0 spiro atoms. The molecule has 2 amide bonds. The average Bonchev–Trinajstić information content (AvgIpc) is 2.68. The molecule has 1 atom stereocenters. The predicted molar refractivity (Wildman–Crippen MR) is 93.3 cm³/mol. The van der Waals surface area contributed by atoms with Crippen molar-refractivity contribution in [1.29, 1.82) is 0 Å². The van der Waals surface area contributed by atoms with Crippen LogP contribution in [0.2, 0.25) is 0 Å². The molecule has 1 N–H and O–H groups in total. The lowest BCUT2D eigenvalue weighted by Crippen LogP contribution is -2.41. The van der Waals surface area contributed by atoms with Gasteiger partial charge in [0.25, 0.3) is 5.91 Å². The van der Waals surface area contributed by atoms with Crippen LogP contribution in [0.5, 0.6) is 5.75 Å². The first-order valence-electron chi connectivity index (χ1n) is 7.95. The molecule has 5 heteroatoms. The van der Waals surface area contributed by atoms with Crippen LogP contribution in [-0.2, 0) is 9.59 Å². The highest BCUT2D eigenvalue weighted by Crippen LogP contribution is 2.31. The Hall–Kier alpha value is -2.82. The predicted octanol–water partition coefficient (Wildman–Crippen LogP) is 3.14. The Kier molecular flexibility index (Phi) is 4.51. The first kappa shape index (κ1) is 16.1. The highest BCUT2D eigenvalue weighted by atomic mass is 16.5. The van der Waals surface area contributed by atoms with Gasteiger partial charge in [-0.3, -0.25) is 9.59 Å². The van der Waals surface area contributed by atoms with Crippen LogP contribution in [0.25, 0.3) is 0 Å². The number of nitrogens with one attached hydrogen (secondary N) is 1. The zero-order valence-electron chi connectivity index (χ0n) is 13.8. The summed E-state index contributed by atoms with van der Waals surface area (Å²) in [7, 11) is 0. The molecule has 0 saturated carbocycles. The molecular formula is C19H20N2O3. The lowest BCUT2D eigenvalue weighted by molar-refractivity contribution is -0.121. The Balaban J connectivity index is 1.79. The second-order valence-electron chi connectivity index (χ2n) is 5.98. The Morgan fingerprint density at radius 3 is 2.67 bits per heavy atom. The average molecular weight is 324 g/mol. The number of carbonyl (C=O) groups excluding carboxylic acids is 2. The fourth-order valence-corrected chi connectivity index (χ4v) is 2.82. The van der Waals surface area contributed by atoms with Gasteiger partial charge in [-0.15, -0.1) is 0 Å². The van der Waals surface area contributed by atoms with Crippen molar-refractivity contribution in [3.8, 4) is 5.75 Å². The normalized spacial score (nSPS) is 16.8. The molecule has 2 aromatic rings. The van der Waals surface area contributed by atoms with Crippen molar-refractivity contribution in [2.75, 3.05) is 16.8 Å². The van der Waals surface area contributed by atoms with Crippen molar-refractivity contribution in [2.45, 2.75) is 26.3 Å². The topological polar surface area (TPSA) is 58.6 Å². The van der Waals surface area contributed by atoms with Gasteiger partial charge in [0.05, 0.1) is 11.4 Å². The van der Waals surface area contributed by atoms with E-state index >= 15 is 0 Å². The van der Waals surface area contributed by atoms with Crippen LogP contribution in [0.4, 0.5) is 11.4 Å². The van der Waals surface area contributed by atoms with E-state index < -0.39 is 0 Å². The molecule has 3 rings (SSSR count). The van der Waals surface area contributed by atoms with Crippen LogP contribution < -0.4 is 15.0 Å². The van der Waals surface area contributed by atoms with Crippen molar-refractivity contribution in [3.05, 3.63) is 54.1 Å². The van der Waals surface area contributed by atoms with Crippen molar-refractivity contribution >= 4 is 23.2 Å². The molecular weight excluding hydrogens is 304 g/mol. The minimum absolute atomic E-state index is 0.0735. The van der Waals surface area contributed by atoms with E-state index in [1.54, 1.807) is 11.0 Å². The van der Waals surface area contributed by atoms with Gasteiger partial charge in [-0.05, 0) is 38.1 Å². The van der Waals surface area contributed by atoms with Gasteiger partial charge in [-0.2, -0.15) is 0 Å². The van der Waals surface area contributed by atoms with E-state index in [0.717, 1.165) is 5.56 Å². The quantitative estimate of drug-likeness (QED) is 0.943. The summed E-state index contributed by atoms with van der Waals surface area (Å²) in [6, 6.07) is 14.6. The van der Waals surface area contributed by atoms with Gasteiger partial charge in [0.15, 0.2) is 6.61 Å². The number of ether oxygens (including phenoxy) is 1. The molecule has 1 heterocycles. The van der Waals surface area contributed by atoms with Gasteiger partial charge < -0.3 is 15.0 Å². The van der Waals surface area contributed by atoms with Gasteiger partial charge >= 0.3 is 0 Å². The van der Waals surface area contributed by atoms with Gasteiger partial charge in [0.1, 0.15) is 5.75 Å². The zero-order valence-corrected chi connectivity index (χ0v) is 13.8. The molecule has 5 nitrogen and oxygen atoms in total. The number of nitrogens with zero attached hydrogens (tertiary/aromatic N) is 1. The number of para-hydroxylation sites is 2. The van der Waals surface area contributed by atoms with E-state index in [0.29, 0.717) is 17.1 Å². The van der Waals surface area contributed by atoms with Crippen LogP contribution in [0.15, 0.2) is 48.5 Å². The van der Waals surface area contributed by atoms with E-state index in [2.05, 4.69) is 5.32 Å². The Labute approximate surface area is 141 Å². The number of carbonyl (C=O) groups is 2. The molecule has 1 aliphatic heterocycles. The number of aryl methyl sites for hydroxylation is 1. The van der Waals surface area contributed by atoms with E-state index in [1.807, 2.05) is 56.3 Å². The van der Waals surface area contributed by atoms with Gasteiger partial charge in [0.2, 0.25) is 5.91 Å². The number of fused-ring (bicyclic) bond motifs is 1. The summed E-state index contributed by atoms with van der Waals surface area (Å²) in [6.45, 7) is 3.79. The summed E-state index contributed by atoms with van der Waals surface area (Å²) in [4.78, 5) is 26.3. The molecule has 0 aromatic heterocycles. The Morgan fingerprint density at radius 1 is 1.21 bits per heavy atom. The van der Waals surface area contributed by atoms with Crippen LogP contribution in [-0.4, -0.2) is 24.5 Å². The van der Waals surface area contributed by atoms with Crippen molar-refractivity contribution < 1.29 is 14.3 Å². The summed E-state index contributed by atoms with van der Waals surface area (Å²) < 4.78 is 5.61. The fraction of sp³-hybridized carbons (Fsp3) is 0.263. The summed E-state index contributed by atoms with van der Waals surface area (Å²) in [5.41, 5.74) is 2.48. The molecule has 0 unspecified atom stereocenters. The van der Waals surface area contributed by atoms with Gasteiger partial charge in [0, 0.05) is 12.5 Å². The van der Waals surface area contributed by atoms with Crippen LogP contribution in [0, 0.1) is 6.92 Å². The second-order valence-corrected chi connectivity index (χ2v) is 5.98. The maximum atomic E-state index is 12.7. The van der Waals surface area contributed by atoms with Crippen LogP contribution in [0.3, 0.4) is 0 Å². The SMILES string of the molecule is Cc1ccc(OCC(=O)N2c3ccccc3NC(=O)C[C@H]2C)cc1. The second kappa shape index (κ2) is 6.74. The standard InChI is InChI=1S/C19H20N2O3/c1-13-7-9-15(10-8-13)24-12-19(23)21-14(2)11-18(22)20-16-5-3-4-6-17(16)21/h3-10,14H,11-12H2,1-2H3,(H,20,22)/t14-/m1/s1. The van der Waals surface area contributed by atoms with E-state index in [9.17, 15) is 9.59 Å². The summed E-state index contributed by atoms with van der Waals surface area (Å²) in [5, 5.41) is 2.84. The number of hydrogen-bond donors (Lipinski definition) is 1.